The number of rotatable bonds is 5. The van der Waals surface area contributed by atoms with Crippen molar-refractivity contribution < 1.29 is 9.18 Å². The van der Waals surface area contributed by atoms with E-state index in [0.717, 1.165) is 29.5 Å². The topological polar surface area (TPSA) is 20.3 Å². The Hall–Kier alpha value is -3.72. The monoisotopic (exact) mass is 435 g/mol. The first-order valence-electron chi connectivity index (χ1n) is 11.4. The van der Waals surface area contributed by atoms with Crippen molar-refractivity contribution in [2.75, 3.05) is 0 Å². The molecule has 0 aliphatic heterocycles. The highest BCUT2D eigenvalue weighted by Gasteiger charge is 2.31. The zero-order valence-electron chi connectivity index (χ0n) is 18.7. The fraction of sp³-hybridized carbons (Fsp3) is 0.167. The molecule has 3 heteroatoms. The summed E-state index contributed by atoms with van der Waals surface area (Å²) in [4.78, 5) is 16.0. The van der Waals surface area contributed by atoms with Crippen LogP contribution in [-0.2, 0) is 19.4 Å². The molecule has 5 rings (SSSR count). The summed E-state index contributed by atoms with van der Waals surface area (Å²) in [6, 6.07) is 31.0. The van der Waals surface area contributed by atoms with Crippen LogP contribution in [0.4, 0.5) is 4.39 Å². The Kier molecular flexibility index (Phi) is 5.78. The van der Waals surface area contributed by atoms with Crippen LogP contribution in [0, 0.1) is 12.7 Å². The predicted octanol–water partition coefficient (Wildman–Crippen LogP) is 6.61. The van der Waals surface area contributed by atoms with Gasteiger partial charge >= 0.3 is 0 Å². The van der Waals surface area contributed by atoms with Gasteiger partial charge in [-0.05, 0) is 65.8 Å². The molecule has 4 aromatic rings. The molecule has 0 fully saturated rings. The zero-order chi connectivity index (χ0) is 22.8. The molecule has 1 aliphatic rings. The van der Waals surface area contributed by atoms with E-state index in [0.29, 0.717) is 12.1 Å². The third-order valence-electron chi connectivity index (χ3n) is 6.52. The number of hydrogen-bond donors (Lipinski definition) is 0. The van der Waals surface area contributed by atoms with Gasteiger partial charge in [0.15, 0.2) is 0 Å². The molecular formula is C30H26FNO. The average Bonchev–Trinajstić information content (AvgIpc) is 3.28. The molecule has 0 atom stereocenters. The SMILES string of the molecule is Cc1ccc(-c2ccccc2C(=O)N(Cc2ccc(F)cc2)C2Cc3ccccc3C2)cc1. The summed E-state index contributed by atoms with van der Waals surface area (Å²) >= 11 is 0. The van der Waals surface area contributed by atoms with Gasteiger partial charge in [0.25, 0.3) is 5.91 Å². The summed E-state index contributed by atoms with van der Waals surface area (Å²) in [7, 11) is 0. The minimum atomic E-state index is -0.269. The van der Waals surface area contributed by atoms with Gasteiger partial charge in [-0.15, -0.1) is 0 Å². The van der Waals surface area contributed by atoms with E-state index < -0.39 is 0 Å². The van der Waals surface area contributed by atoms with Crippen molar-refractivity contribution in [3.63, 3.8) is 0 Å². The molecule has 33 heavy (non-hydrogen) atoms. The summed E-state index contributed by atoms with van der Waals surface area (Å²) in [5, 5.41) is 0. The van der Waals surface area contributed by atoms with E-state index in [4.69, 9.17) is 0 Å². The first kappa shape index (κ1) is 21.1. The lowest BCUT2D eigenvalue weighted by Gasteiger charge is -2.30. The lowest BCUT2D eigenvalue weighted by molar-refractivity contribution is 0.0668. The number of benzene rings is 4. The summed E-state index contributed by atoms with van der Waals surface area (Å²) in [6.07, 6.45) is 1.66. The molecule has 2 nitrogen and oxygen atoms in total. The molecule has 0 heterocycles. The Morgan fingerprint density at radius 2 is 1.42 bits per heavy atom. The molecule has 4 aromatic carbocycles. The van der Waals surface area contributed by atoms with Gasteiger partial charge in [0.05, 0.1) is 0 Å². The van der Waals surface area contributed by atoms with Crippen molar-refractivity contribution in [1.29, 1.82) is 0 Å². The van der Waals surface area contributed by atoms with Crippen molar-refractivity contribution in [2.45, 2.75) is 32.4 Å². The molecule has 1 amide bonds. The molecule has 0 unspecified atom stereocenters. The Bertz CT molecular complexity index is 1250. The van der Waals surface area contributed by atoms with Crippen LogP contribution in [-0.4, -0.2) is 16.8 Å². The molecule has 164 valence electrons. The lowest BCUT2D eigenvalue weighted by Crippen LogP contribution is -2.40. The second-order valence-corrected chi connectivity index (χ2v) is 8.80. The van der Waals surface area contributed by atoms with Gasteiger partial charge in [-0.3, -0.25) is 4.79 Å². The van der Waals surface area contributed by atoms with Crippen LogP contribution in [0.5, 0.6) is 0 Å². The van der Waals surface area contributed by atoms with Gasteiger partial charge in [-0.25, -0.2) is 4.39 Å². The van der Waals surface area contributed by atoms with Gasteiger partial charge in [-0.1, -0.05) is 84.4 Å². The molecule has 1 aliphatic carbocycles. The van der Waals surface area contributed by atoms with Gasteiger partial charge < -0.3 is 4.90 Å². The minimum absolute atomic E-state index is 0.00769. The Morgan fingerprint density at radius 1 is 0.818 bits per heavy atom. The predicted molar refractivity (Wildman–Crippen MR) is 131 cm³/mol. The highest BCUT2D eigenvalue weighted by atomic mass is 19.1. The summed E-state index contributed by atoms with van der Waals surface area (Å²) in [5.74, 6) is -0.261. The Balaban J connectivity index is 1.52. The maximum Gasteiger partial charge on any atom is 0.255 e. The van der Waals surface area contributed by atoms with Gasteiger partial charge in [0.1, 0.15) is 5.82 Å². The molecule has 0 aromatic heterocycles. The standard InChI is InChI=1S/C30H26FNO/c1-21-10-14-23(15-11-21)28-8-4-5-9-29(28)30(33)32(20-22-12-16-26(31)17-13-22)27-18-24-6-2-3-7-25(24)19-27/h2-17,27H,18-20H2,1H3. The van der Waals surface area contributed by atoms with E-state index in [1.807, 2.05) is 29.2 Å². The van der Waals surface area contributed by atoms with Gasteiger partial charge in [-0.2, -0.15) is 0 Å². The molecule has 0 radical (unpaired) electrons. The second-order valence-electron chi connectivity index (χ2n) is 8.80. The number of carbonyl (C=O) groups is 1. The number of fused-ring (bicyclic) bond motifs is 1. The highest BCUT2D eigenvalue weighted by molar-refractivity contribution is 6.01. The number of hydrogen-bond acceptors (Lipinski definition) is 1. The van der Waals surface area contributed by atoms with E-state index in [-0.39, 0.29) is 17.8 Å². The number of halogens is 1. The minimum Gasteiger partial charge on any atom is -0.331 e. The van der Waals surface area contributed by atoms with Crippen molar-refractivity contribution in [2.24, 2.45) is 0 Å². The molecule has 0 saturated carbocycles. The quantitative estimate of drug-likeness (QED) is 0.345. The Labute approximate surface area is 194 Å². The third-order valence-corrected chi connectivity index (χ3v) is 6.52. The molecule has 0 bridgehead atoms. The number of amides is 1. The van der Waals surface area contributed by atoms with E-state index in [1.54, 1.807) is 12.1 Å². The van der Waals surface area contributed by atoms with E-state index >= 15 is 0 Å². The smallest absolute Gasteiger partial charge is 0.255 e. The first-order valence-corrected chi connectivity index (χ1v) is 11.4. The van der Waals surface area contributed by atoms with Crippen LogP contribution in [0.25, 0.3) is 11.1 Å². The van der Waals surface area contributed by atoms with Crippen LogP contribution < -0.4 is 0 Å². The van der Waals surface area contributed by atoms with Crippen molar-refractivity contribution >= 4 is 5.91 Å². The van der Waals surface area contributed by atoms with Crippen LogP contribution in [0.2, 0.25) is 0 Å². The number of nitrogens with zero attached hydrogens (tertiary/aromatic N) is 1. The van der Waals surface area contributed by atoms with E-state index in [1.165, 1.54) is 28.8 Å². The van der Waals surface area contributed by atoms with E-state index in [9.17, 15) is 9.18 Å². The maximum atomic E-state index is 14.1. The summed E-state index contributed by atoms with van der Waals surface area (Å²) in [5.41, 5.74) is 7.36. The molecule has 0 saturated heterocycles. The fourth-order valence-electron chi connectivity index (χ4n) is 4.72. The molecular weight excluding hydrogens is 409 g/mol. The van der Waals surface area contributed by atoms with Gasteiger partial charge in [0.2, 0.25) is 0 Å². The first-order chi connectivity index (χ1) is 16.1. The fourth-order valence-corrected chi connectivity index (χ4v) is 4.72. The van der Waals surface area contributed by atoms with Crippen molar-refractivity contribution in [3.8, 4) is 11.1 Å². The maximum absolute atomic E-state index is 14.1. The van der Waals surface area contributed by atoms with Crippen LogP contribution in [0.15, 0.2) is 97.1 Å². The van der Waals surface area contributed by atoms with Crippen LogP contribution in [0.1, 0.15) is 32.6 Å². The average molecular weight is 436 g/mol. The number of carbonyl (C=O) groups excluding carboxylic acids is 1. The normalized spacial score (nSPS) is 13.0. The van der Waals surface area contributed by atoms with Crippen LogP contribution >= 0.6 is 0 Å². The lowest BCUT2D eigenvalue weighted by atomic mass is 9.97. The van der Waals surface area contributed by atoms with Crippen molar-refractivity contribution in [1.82, 2.24) is 4.90 Å². The second kappa shape index (κ2) is 9.03. The summed E-state index contributed by atoms with van der Waals surface area (Å²) in [6.45, 7) is 2.50. The zero-order valence-corrected chi connectivity index (χ0v) is 18.7. The highest BCUT2D eigenvalue weighted by Crippen LogP contribution is 2.31. The largest absolute Gasteiger partial charge is 0.331 e. The molecule has 0 spiro atoms. The van der Waals surface area contributed by atoms with Crippen LogP contribution in [0.3, 0.4) is 0 Å². The van der Waals surface area contributed by atoms with Gasteiger partial charge in [0, 0.05) is 18.2 Å². The summed E-state index contributed by atoms with van der Waals surface area (Å²) < 4.78 is 13.5. The molecule has 0 N–H and O–H groups in total. The third kappa shape index (κ3) is 4.45. The number of aryl methyl sites for hydroxylation is 1. The Morgan fingerprint density at radius 3 is 2.09 bits per heavy atom. The van der Waals surface area contributed by atoms with E-state index in [2.05, 4.69) is 55.5 Å². The van der Waals surface area contributed by atoms with Crippen molar-refractivity contribution in [3.05, 3.63) is 131 Å².